The molecule has 1 aliphatic heterocycles. The first-order chi connectivity index (χ1) is 15.6. The molecule has 0 unspecified atom stereocenters. The van der Waals surface area contributed by atoms with Crippen LogP contribution in [0.2, 0.25) is 0 Å². The fourth-order valence-corrected chi connectivity index (χ4v) is 3.92. The number of hydrogen-bond acceptors (Lipinski definition) is 4. The number of imidazole rings is 1. The Hall–Kier alpha value is -3.45. The molecule has 0 aliphatic carbocycles. The number of amides is 2. The zero-order valence-corrected chi connectivity index (χ0v) is 18.4. The third kappa shape index (κ3) is 5.62. The summed E-state index contributed by atoms with van der Waals surface area (Å²) >= 11 is 0. The highest BCUT2D eigenvalue weighted by Crippen LogP contribution is 2.16. The Balaban J connectivity index is 1.29. The zero-order chi connectivity index (χ0) is 22.3. The lowest BCUT2D eigenvalue weighted by molar-refractivity contribution is -0.116. The molecule has 4 rings (SSSR count). The molecule has 3 aromatic rings. The molecule has 0 spiro atoms. The van der Waals surface area contributed by atoms with Gasteiger partial charge in [-0.2, -0.15) is 0 Å². The van der Waals surface area contributed by atoms with Crippen molar-refractivity contribution in [2.75, 3.05) is 31.5 Å². The van der Waals surface area contributed by atoms with E-state index >= 15 is 0 Å². The van der Waals surface area contributed by atoms with Crippen LogP contribution in [0, 0.1) is 6.92 Å². The summed E-state index contributed by atoms with van der Waals surface area (Å²) in [5, 5.41) is 2.89. The lowest BCUT2D eigenvalue weighted by atomic mass is 10.1. The van der Waals surface area contributed by atoms with Crippen LogP contribution in [0.1, 0.15) is 27.9 Å². The van der Waals surface area contributed by atoms with Gasteiger partial charge in [0.15, 0.2) is 0 Å². The number of rotatable bonds is 7. The molecule has 7 heteroatoms. The Bertz CT molecular complexity index is 1060. The molecule has 1 aromatic heterocycles. The molecule has 2 aromatic carbocycles. The van der Waals surface area contributed by atoms with Gasteiger partial charge < -0.3 is 14.8 Å². The van der Waals surface area contributed by atoms with Crippen molar-refractivity contribution in [1.29, 1.82) is 0 Å². The third-order valence-corrected chi connectivity index (χ3v) is 5.86. The van der Waals surface area contributed by atoms with Gasteiger partial charge in [-0.25, -0.2) is 4.98 Å². The topological polar surface area (TPSA) is 70.5 Å². The SMILES string of the molecule is Cc1ccccc1CN1CCN(C(=O)c2cccc(NC(=O)CCn3ccnc3)c2)CC1. The molecule has 1 aliphatic rings. The number of aromatic nitrogens is 2. The quantitative estimate of drug-likeness (QED) is 0.624. The Morgan fingerprint density at radius 3 is 2.59 bits per heavy atom. The van der Waals surface area contributed by atoms with Crippen LogP contribution in [0.3, 0.4) is 0 Å². The van der Waals surface area contributed by atoms with Crippen molar-refractivity contribution in [3.8, 4) is 0 Å². The average molecular weight is 432 g/mol. The van der Waals surface area contributed by atoms with E-state index in [0.29, 0.717) is 37.3 Å². The molecule has 166 valence electrons. The van der Waals surface area contributed by atoms with E-state index in [1.54, 1.807) is 18.6 Å². The highest BCUT2D eigenvalue weighted by Gasteiger charge is 2.22. The van der Waals surface area contributed by atoms with Gasteiger partial charge in [-0.15, -0.1) is 0 Å². The standard InChI is InChI=1S/C25H29N5O2/c1-20-5-2-3-6-22(20)18-28-13-15-30(16-14-28)25(32)21-7-4-8-23(17-21)27-24(31)9-11-29-12-10-26-19-29/h2-8,10,12,17,19H,9,11,13-16,18H2,1H3,(H,27,31). The monoisotopic (exact) mass is 431 g/mol. The van der Waals surface area contributed by atoms with Crippen LogP contribution in [-0.2, 0) is 17.9 Å². The maximum Gasteiger partial charge on any atom is 0.254 e. The second-order valence-electron chi connectivity index (χ2n) is 8.17. The first-order valence-corrected chi connectivity index (χ1v) is 11.0. The summed E-state index contributed by atoms with van der Waals surface area (Å²) in [6, 6.07) is 15.6. The number of piperazine rings is 1. The van der Waals surface area contributed by atoms with Gasteiger partial charge in [0.1, 0.15) is 0 Å². The van der Waals surface area contributed by atoms with Crippen LogP contribution in [0.5, 0.6) is 0 Å². The van der Waals surface area contributed by atoms with Gasteiger partial charge in [0.25, 0.3) is 5.91 Å². The maximum atomic E-state index is 13.0. The third-order valence-electron chi connectivity index (χ3n) is 5.86. The maximum absolute atomic E-state index is 13.0. The summed E-state index contributed by atoms with van der Waals surface area (Å²) in [6.07, 6.45) is 5.55. The number of aryl methyl sites for hydroxylation is 2. The first-order valence-electron chi connectivity index (χ1n) is 11.0. The van der Waals surface area contributed by atoms with Gasteiger partial charge in [0, 0.05) is 69.3 Å². The van der Waals surface area contributed by atoms with Crippen molar-refractivity contribution in [3.63, 3.8) is 0 Å². The summed E-state index contributed by atoms with van der Waals surface area (Å²) < 4.78 is 1.86. The van der Waals surface area contributed by atoms with Crippen molar-refractivity contribution in [2.24, 2.45) is 0 Å². The first kappa shape index (κ1) is 21.8. The van der Waals surface area contributed by atoms with E-state index < -0.39 is 0 Å². The normalized spacial score (nSPS) is 14.3. The number of carbonyl (C=O) groups excluding carboxylic acids is 2. The smallest absolute Gasteiger partial charge is 0.254 e. The lowest BCUT2D eigenvalue weighted by Crippen LogP contribution is -2.48. The van der Waals surface area contributed by atoms with Crippen LogP contribution < -0.4 is 5.32 Å². The van der Waals surface area contributed by atoms with Crippen LogP contribution >= 0.6 is 0 Å². The van der Waals surface area contributed by atoms with Gasteiger partial charge in [-0.05, 0) is 36.2 Å². The van der Waals surface area contributed by atoms with Gasteiger partial charge >= 0.3 is 0 Å². The molecular formula is C25H29N5O2. The van der Waals surface area contributed by atoms with Gasteiger partial charge in [0.05, 0.1) is 6.33 Å². The van der Waals surface area contributed by atoms with E-state index in [1.807, 2.05) is 33.9 Å². The predicted octanol–water partition coefficient (Wildman–Crippen LogP) is 3.18. The molecular weight excluding hydrogens is 402 g/mol. The number of anilines is 1. The number of hydrogen-bond donors (Lipinski definition) is 1. The Kier molecular flexibility index (Phi) is 6.97. The molecule has 0 atom stereocenters. The van der Waals surface area contributed by atoms with E-state index in [0.717, 1.165) is 19.6 Å². The summed E-state index contributed by atoms with van der Waals surface area (Å²) in [6.45, 7) is 6.72. The van der Waals surface area contributed by atoms with Gasteiger partial charge in [-0.1, -0.05) is 30.3 Å². The summed E-state index contributed by atoms with van der Waals surface area (Å²) in [4.78, 5) is 33.5. The number of nitrogens with one attached hydrogen (secondary N) is 1. The highest BCUT2D eigenvalue weighted by atomic mass is 16.2. The van der Waals surface area contributed by atoms with Crippen molar-refractivity contribution in [2.45, 2.75) is 26.4 Å². The molecule has 1 N–H and O–H groups in total. The summed E-state index contributed by atoms with van der Waals surface area (Å²) in [5.41, 5.74) is 3.88. The number of carbonyl (C=O) groups is 2. The molecule has 2 amide bonds. The van der Waals surface area contributed by atoms with Crippen LogP contribution in [-0.4, -0.2) is 57.3 Å². The average Bonchev–Trinajstić information content (AvgIpc) is 3.33. The molecule has 0 radical (unpaired) electrons. The minimum absolute atomic E-state index is 0.00931. The van der Waals surface area contributed by atoms with Crippen molar-refractivity contribution in [1.82, 2.24) is 19.4 Å². The number of benzene rings is 2. The van der Waals surface area contributed by atoms with Crippen LogP contribution in [0.25, 0.3) is 0 Å². The second kappa shape index (κ2) is 10.2. The Labute approximate surface area is 188 Å². The van der Waals surface area contributed by atoms with E-state index in [9.17, 15) is 9.59 Å². The van der Waals surface area contributed by atoms with E-state index in [2.05, 4.69) is 46.4 Å². The molecule has 1 saturated heterocycles. The summed E-state index contributed by atoms with van der Waals surface area (Å²) in [5.74, 6) is -0.0804. The lowest BCUT2D eigenvalue weighted by Gasteiger charge is -2.35. The largest absolute Gasteiger partial charge is 0.337 e. The number of nitrogens with zero attached hydrogens (tertiary/aromatic N) is 4. The van der Waals surface area contributed by atoms with E-state index in [1.165, 1.54) is 11.1 Å². The molecule has 2 heterocycles. The van der Waals surface area contributed by atoms with Crippen molar-refractivity contribution < 1.29 is 9.59 Å². The Morgan fingerprint density at radius 1 is 1.03 bits per heavy atom. The fraction of sp³-hybridized carbons (Fsp3) is 0.320. The minimum atomic E-state index is -0.0897. The second-order valence-corrected chi connectivity index (χ2v) is 8.17. The Morgan fingerprint density at radius 2 is 1.84 bits per heavy atom. The molecule has 32 heavy (non-hydrogen) atoms. The highest BCUT2D eigenvalue weighted by molar-refractivity contribution is 5.97. The van der Waals surface area contributed by atoms with Crippen molar-refractivity contribution in [3.05, 3.63) is 83.9 Å². The summed E-state index contributed by atoms with van der Waals surface area (Å²) in [7, 11) is 0. The van der Waals surface area contributed by atoms with Gasteiger partial charge in [-0.3, -0.25) is 14.5 Å². The van der Waals surface area contributed by atoms with Crippen LogP contribution in [0.15, 0.2) is 67.3 Å². The van der Waals surface area contributed by atoms with Crippen LogP contribution in [0.4, 0.5) is 5.69 Å². The molecule has 0 bridgehead atoms. The zero-order valence-electron chi connectivity index (χ0n) is 18.4. The van der Waals surface area contributed by atoms with E-state index in [-0.39, 0.29) is 11.8 Å². The molecule has 0 saturated carbocycles. The minimum Gasteiger partial charge on any atom is -0.337 e. The molecule has 1 fully saturated rings. The van der Waals surface area contributed by atoms with Gasteiger partial charge in [0.2, 0.25) is 5.91 Å². The van der Waals surface area contributed by atoms with E-state index in [4.69, 9.17) is 0 Å². The predicted molar refractivity (Wildman–Crippen MR) is 124 cm³/mol. The van der Waals surface area contributed by atoms with Crippen molar-refractivity contribution >= 4 is 17.5 Å². The molecule has 7 nitrogen and oxygen atoms in total. The fourth-order valence-electron chi connectivity index (χ4n) is 3.92.